The van der Waals surface area contributed by atoms with Gasteiger partial charge in [0.2, 0.25) is 0 Å². The molecule has 0 spiro atoms. The van der Waals surface area contributed by atoms with Crippen LogP contribution in [0.1, 0.15) is 0 Å². The molecule has 2 heterocycles. The molecule has 0 saturated heterocycles. The number of pyridine rings is 1. The fraction of sp³-hybridized carbons (Fsp3) is 0.133. The zero-order valence-corrected chi connectivity index (χ0v) is 11.6. The van der Waals surface area contributed by atoms with E-state index < -0.39 is 0 Å². The molecule has 20 heavy (non-hydrogen) atoms. The lowest BCUT2D eigenvalue weighted by atomic mass is 10.1. The number of thiophene rings is 1. The van der Waals surface area contributed by atoms with Crippen LogP contribution in [0.3, 0.4) is 0 Å². The predicted octanol–water partition coefficient (Wildman–Crippen LogP) is 2.59. The number of aromatic nitrogens is 1. The first-order valence-corrected chi connectivity index (χ1v) is 7.26. The molecule has 0 unspecified atom stereocenters. The van der Waals surface area contributed by atoms with Crippen LogP contribution in [0.25, 0.3) is 22.0 Å². The molecular weight excluding hydrogens is 272 g/mol. The Labute approximate surface area is 119 Å². The summed E-state index contributed by atoms with van der Waals surface area (Å²) in [6.45, 7) is 0.837. The highest BCUT2D eigenvalue weighted by atomic mass is 32.1. The maximum atomic E-state index is 12.2. The summed E-state index contributed by atoms with van der Waals surface area (Å²) >= 11 is 1.58. The molecule has 0 radical (unpaired) electrons. The third kappa shape index (κ3) is 2.21. The number of H-pyrrole nitrogens is 1. The van der Waals surface area contributed by atoms with E-state index in [0.717, 1.165) is 10.9 Å². The summed E-state index contributed by atoms with van der Waals surface area (Å²) in [5.41, 5.74) is 7.08. The number of nitrogens with two attached hydrogens (primary N) is 1. The van der Waals surface area contributed by atoms with Crippen LogP contribution in [-0.4, -0.2) is 18.1 Å². The van der Waals surface area contributed by atoms with Gasteiger partial charge >= 0.3 is 0 Å². The van der Waals surface area contributed by atoms with Crippen LogP contribution in [0.15, 0.2) is 45.9 Å². The Morgan fingerprint density at radius 2 is 2.00 bits per heavy atom. The largest absolute Gasteiger partial charge is 0.489 e. The smallest absolute Gasteiger partial charge is 0.256 e. The van der Waals surface area contributed by atoms with Gasteiger partial charge in [-0.3, -0.25) is 4.79 Å². The van der Waals surface area contributed by atoms with Crippen molar-refractivity contribution in [2.75, 3.05) is 13.2 Å². The van der Waals surface area contributed by atoms with E-state index in [4.69, 9.17) is 10.5 Å². The van der Waals surface area contributed by atoms with Gasteiger partial charge in [0, 0.05) is 22.9 Å². The average Bonchev–Trinajstić information content (AvgIpc) is 3.00. The lowest BCUT2D eigenvalue weighted by Crippen LogP contribution is -2.14. The molecule has 2 aromatic heterocycles. The Bertz CT molecular complexity index is 778. The van der Waals surface area contributed by atoms with Gasteiger partial charge in [-0.1, -0.05) is 18.2 Å². The number of nitrogens with one attached hydrogen (secondary N) is 1. The highest BCUT2D eigenvalue weighted by Crippen LogP contribution is 2.34. The summed E-state index contributed by atoms with van der Waals surface area (Å²) in [5, 5.41) is 5.38. The lowest BCUT2D eigenvalue weighted by molar-refractivity contribution is 0.332. The van der Waals surface area contributed by atoms with Gasteiger partial charge in [0.15, 0.2) is 5.75 Å². The monoisotopic (exact) mass is 286 g/mol. The van der Waals surface area contributed by atoms with E-state index >= 15 is 0 Å². The van der Waals surface area contributed by atoms with Gasteiger partial charge in [-0.25, -0.2) is 0 Å². The second-order valence-electron chi connectivity index (χ2n) is 4.35. The van der Waals surface area contributed by atoms with Crippen molar-refractivity contribution in [3.8, 4) is 17.0 Å². The molecule has 0 saturated carbocycles. The van der Waals surface area contributed by atoms with E-state index in [1.165, 1.54) is 0 Å². The number of rotatable bonds is 4. The summed E-state index contributed by atoms with van der Waals surface area (Å²) in [6, 6.07) is 9.39. The molecule has 0 atom stereocenters. The van der Waals surface area contributed by atoms with Crippen molar-refractivity contribution in [2.45, 2.75) is 0 Å². The highest BCUT2D eigenvalue weighted by Gasteiger charge is 2.14. The van der Waals surface area contributed by atoms with Gasteiger partial charge in [-0.05, 0) is 17.5 Å². The van der Waals surface area contributed by atoms with Crippen LogP contribution in [0, 0.1) is 0 Å². The van der Waals surface area contributed by atoms with Crippen LogP contribution < -0.4 is 16.0 Å². The Hall–Kier alpha value is -2.11. The van der Waals surface area contributed by atoms with Gasteiger partial charge in [0.25, 0.3) is 5.56 Å². The van der Waals surface area contributed by atoms with Gasteiger partial charge in [-0.15, -0.1) is 0 Å². The molecule has 4 nitrogen and oxygen atoms in total. The van der Waals surface area contributed by atoms with Crippen LogP contribution in [0.2, 0.25) is 0 Å². The minimum atomic E-state index is -0.109. The number of hydrogen-bond donors (Lipinski definition) is 2. The average molecular weight is 286 g/mol. The summed E-state index contributed by atoms with van der Waals surface area (Å²) < 4.78 is 5.79. The molecule has 3 N–H and O–H groups in total. The maximum absolute atomic E-state index is 12.2. The Kier molecular flexibility index (Phi) is 3.54. The molecule has 5 heteroatoms. The summed E-state index contributed by atoms with van der Waals surface area (Å²) in [7, 11) is 0. The predicted molar refractivity (Wildman–Crippen MR) is 82.4 cm³/mol. The first-order chi connectivity index (χ1) is 9.81. The molecule has 0 fully saturated rings. The maximum Gasteiger partial charge on any atom is 0.256 e. The van der Waals surface area contributed by atoms with E-state index in [2.05, 4.69) is 4.98 Å². The van der Waals surface area contributed by atoms with Crippen LogP contribution in [-0.2, 0) is 0 Å². The normalized spacial score (nSPS) is 10.8. The SMILES string of the molecule is NCCOc1c(-c2ccsc2)[nH]c(=O)c2ccccc12. The fourth-order valence-corrected chi connectivity index (χ4v) is 2.82. The molecule has 3 aromatic rings. The molecule has 0 aliphatic rings. The van der Waals surface area contributed by atoms with Gasteiger partial charge in [-0.2, -0.15) is 11.3 Å². The van der Waals surface area contributed by atoms with E-state index in [1.54, 1.807) is 17.4 Å². The first-order valence-electron chi connectivity index (χ1n) is 6.31. The quantitative estimate of drug-likeness (QED) is 0.774. The number of aromatic amines is 1. The van der Waals surface area contributed by atoms with Gasteiger partial charge in [0.1, 0.15) is 6.61 Å². The number of fused-ring (bicyclic) bond motifs is 1. The van der Waals surface area contributed by atoms with Gasteiger partial charge < -0.3 is 15.5 Å². The van der Waals surface area contributed by atoms with Crippen molar-refractivity contribution in [3.05, 3.63) is 51.4 Å². The van der Waals surface area contributed by atoms with Crippen molar-refractivity contribution in [1.29, 1.82) is 0 Å². The standard InChI is InChI=1S/C15H14N2O2S/c16-6-7-19-14-11-3-1-2-4-12(11)15(18)17-13(14)10-5-8-20-9-10/h1-5,8-9H,6-7,16H2,(H,17,18). The fourth-order valence-electron chi connectivity index (χ4n) is 2.17. The molecule has 1 aromatic carbocycles. The van der Waals surface area contributed by atoms with E-state index in [0.29, 0.717) is 30.0 Å². The number of benzene rings is 1. The lowest BCUT2D eigenvalue weighted by Gasteiger charge is -2.13. The van der Waals surface area contributed by atoms with Crippen molar-refractivity contribution >= 4 is 22.1 Å². The van der Waals surface area contributed by atoms with Crippen molar-refractivity contribution < 1.29 is 4.74 Å². The minimum Gasteiger partial charge on any atom is -0.489 e. The third-order valence-corrected chi connectivity index (χ3v) is 3.74. The van der Waals surface area contributed by atoms with Crippen molar-refractivity contribution in [1.82, 2.24) is 4.98 Å². The molecule has 102 valence electrons. The van der Waals surface area contributed by atoms with Gasteiger partial charge in [0.05, 0.1) is 11.1 Å². The van der Waals surface area contributed by atoms with Crippen molar-refractivity contribution in [3.63, 3.8) is 0 Å². The van der Waals surface area contributed by atoms with E-state index in [9.17, 15) is 4.79 Å². The van der Waals surface area contributed by atoms with Crippen LogP contribution >= 0.6 is 11.3 Å². The van der Waals surface area contributed by atoms with E-state index in [1.807, 2.05) is 35.0 Å². The van der Waals surface area contributed by atoms with Crippen molar-refractivity contribution in [2.24, 2.45) is 5.73 Å². The summed E-state index contributed by atoms with van der Waals surface area (Å²) in [4.78, 5) is 15.1. The second kappa shape index (κ2) is 5.48. The second-order valence-corrected chi connectivity index (χ2v) is 5.13. The first kappa shape index (κ1) is 12.9. The molecular formula is C15H14N2O2S. The molecule has 0 aliphatic carbocycles. The summed E-state index contributed by atoms with van der Waals surface area (Å²) in [5.74, 6) is 0.684. The van der Waals surface area contributed by atoms with Crippen LogP contribution in [0.5, 0.6) is 5.75 Å². The zero-order chi connectivity index (χ0) is 13.9. The van der Waals surface area contributed by atoms with E-state index in [-0.39, 0.29) is 5.56 Å². The zero-order valence-electron chi connectivity index (χ0n) is 10.8. The number of ether oxygens (including phenoxy) is 1. The Morgan fingerprint density at radius 1 is 1.20 bits per heavy atom. The Morgan fingerprint density at radius 3 is 2.70 bits per heavy atom. The summed E-state index contributed by atoms with van der Waals surface area (Å²) in [6.07, 6.45) is 0. The Balaban J connectivity index is 2.30. The molecule has 3 rings (SSSR count). The van der Waals surface area contributed by atoms with Crippen LogP contribution in [0.4, 0.5) is 0 Å². The molecule has 0 aliphatic heterocycles. The molecule has 0 amide bonds. The minimum absolute atomic E-state index is 0.109. The third-order valence-electron chi connectivity index (χ3n) is 3.06. The molecule has 0 bridgehead atoms. The number of hydrogen-bond acceptors (Lipinski definition) is 4. The topological polar surface area (TPSA) is 68.1 Å². The highest BCUT2D eigenvalue weighted by molar-refractivity contribution is 7.08.